The van der Waals surface area contributed by atoms with Crippen molar-refractivity contribution >= 4 is 29.3 Å². The number of amides is 3. The number of halogens is 1. The van der Waals surface area contributed by atoms with Crippen molar-refractivity contribution in [2.45, 2.75) is 13.0 Å². The van der Waals surface area contributed by atoms with Crippen LogP contribution in [0.2, 0.25) is 5.02 Å². The largest absolute Gasteiger partial charge is 0.317 e. The van der Waals surface area contributed by atoms with Crippen LogP contribution in [0.5, 0.6) is 0 Å². The first-order valence-electron chi connectivity index (χ1n) is 5.25. The van der Waals surface area contributed by atoms with Crippen molar-refractivity contribution in [1.29, 1.82) is 0 Å². The van der Waals surface area contributed by atoms with Gasteiger partial charge in [-0.05, 0) is 13.0 Å². The first-order valence-corrected chi connectivity index (χ1v) is 5.62. The number of rotatable bonds is 1. The van der Waals surface area contributed by atoms with Crippen LogP contribution in [0.15, 0.2) is 18.5 Å². The van der Waals surface area contributed by atoms with E-state index in [0.717, 1.165) is 0 Å². The highest BCUT2D eigenvalue weighted by Gasteiger charge is 2.34. The molecule has 2 heterocycles. The van der Waals surface area contributed by atoms with Crippen LogP contribution in [0.4, 0.5) is 0 Å². The summed E-state index contributed by atoms with van der Waals surface area (Å²) in [7, 11) is 0. The Labute approximate surface area is 108 Å². The molecule has 7 heteroatoms. The molecule has 18 heavy (non-hydrogen) atoms. The molecule has 0 aliphatic carbocycles. The topological polar surface area (TPSA) is 79.4 Å². The Hall–Kier alpha value is -1.95. The molecule has 1 fully saturated rings. The minimum atomic E-state index is -0.716. The second-order valence-electron chi connectivity index (χ2n) is 3.88. The minimum Gasteiger partial charge on any atom is -0.317 e. The Bertz CT molecular complexity index is 532. The summed E-state index contributed by atoms with van der Waals surface area (Å²) in [6.45, 7) is 1.38. The van der Waals surface area contributed by atoms with E-state index < -0.39 is 23.8 Å². The molecule has 1 aliphatic heterocycles. The molecule has 1 saturated heterocycles. The van der Waals surface area contributed by atoms with Gasteiger partial charge in [-0.25, -0.2) is 0 Å². The maximum Gasteiger partial charge on any atom is 0.258 e. The summed E-state index contributed by atoms with van der Waals surface area (Å²) in [6.07, 6.45) is 2.77. The molecule has 1 atom stereocenters. The van der Waals surface area contributed by atoms with Gasteiger partial charge in [0.2, 0.25) is 11.8 Å². The Morgan fingerprint density at radius 2 is 2.28 bits per heavy atom. The van der Waals surface area contributed by atoms with Gasteiger partial charge in [0.25, 0.3) is 5.91 Å². The van der Waals surface area contributed by atoms with Crippen molar-refractivity contribution in [2.24, 2.45) is 0 Å². The molecule has 1 N–H and O–H groups in total. The second kappa shape index (κ2) is 4.73. The zero-order valence-electron chi connectivity index (χ0n) is 9.51. The molecular formula is C11H10ClN3O3. The number of nitrogens with zero attached hydrogens (tertiary/aromatic N) is 2. The lowest BCUT2D eigenvalue weighted by atomic mass is 10.1. The van der Waals surface area contributed by atoms with Crippen LogP contribution in [0, 0.1) is 0 Å². The van der Waals surface area contributed by atoms with Gasteiger partial charge >= 0.3 is 0 Å². The van der Waals surface area contributed by atoms with Crippen molar-refractivity contribution in [1.82, 2.24) is 15.2 Å². The quantitative estimate of drug-likeness (QED) is 0.739. The summed E-state index contributed by atoms with van der Waals surface area (Å²) in [4.78, 5) is 39.9. The fraction of sp³-hybridized carbons (Fsp3) is 0.273. The van der Waals surface area contributed by atoms with E-state index in [0.29, 0.717) is 0 Å². The van der Waals surface area contributed by atoms with E-state index in [1.54, 1.807) is 6.92 Å². The molecule has 0 bridgehead atoms. The average Bonchev–Trinajstić information content (AvgIpc) is 2.33. The fourth-order valence-electron chi connectivity index (χ4n) is 1.65. The molecule has 3 amide bonds. The summed E-state index contributed by atoms with van der Waals surface area (Å²) in [6, 6.07) is 0.761. The van der Waals surface area contributed by atoms with Gasteiger partial charge in [0.05, 0.1) is 10.6 Å². The van der Waals surface area contributed by atoms with E-state index in [4.69, 9.17) is 11.6 Å². The van der Waals surface area contributed by atoms with Crippen LogP contribution in [0.25, 0.3) is 0 Å². The molecule has 2 rings (SSSR count). The summed E-state index contributed by atoms with van der Waals surface area (Å²) in [5, 5.41) is 2.40. The van der Waals surface area contributed by atoms with Crippen molar-refractivity contribution < 1.29 is 14.4 Å². The number of pyridine rings is 1. The van der Waals surface area contributed by atoms with Gasteiger partial charge in [-0.15, -0.1) is 0 Å². The number of hydrogen-bond donors (Lipinski definition) is 1. The Kier molecular flexibility index (Phi) is 3.29. The minimum absolute atomic E-state index is 0.170. The highest BCUT2D eigenvalue weighted by Crippen LogP contribution is 2.18. The van der Waals surface area contributed by atoms with Crippen molar-refractivity contribution in [2.75, 3.05) is 6.54 Å². The van der Waals surface area contributed by atoms with Gasteiger partial charge in [0.15, 0.2) is 0 Å². The smallest absolute Gasteiger partial charge is 0.258 e. The molecule has 1 aromatic rings. The molecule has 1 aromatic heterocycles. The van der Waals surface area contributed by atoms with E-state index in [2.05, 4.69) is 10.3 Å². The lowest BCUT2D eigenvalue weighted by molar-refractivity contribution is -0.138. The highest BCUT2D eigenvalue weighted by atomic mass is 35.5. The second-order valence-corrected chi connectivity index (χ2v) is 4.28. The van der Waals surface area contributed by atoms with E-state index in [9.17, 15) is 14.4 Å². The molecule has 94 valence electrons. The van der Waals surface area contributed by atoms with Gasteiger partial charge in [0, 0.05) is 12.4 Å². The average molecular weight is 268 g/mol. The highest BCUT2D eigenvalue weighted by molar-refractivity contribution is 6.33. The predicted octanol–water partition coefficient (Wildman–Crippen LogP) is 0.222. The van der Waals surface area contributed by atoms with Crippen LogP contribution in [-0.2, 0) is 9.59 Å². The first-order chi connectivity index (χ1) is 8.50. The maximum atomic E-state index is 12.2. The lowest BCUT2D eigenvalue weighted by Gasteiger charge is -2.31. The van der Waals surface area contributed by atoms with E-state index in [-0.39, 0.29) is 17.1 Å². The number of carbonyl (C=O) groups excluding carboxylic acids is 3. The molecule has 0 aromatic carbocycles. The molecule has 0 radical (unpaired) electrons. The van der Waals surface area contributed by atoms with Crippen molar-refractivity contribution in [3.63, 3.8) is 0 Å². The summed E-state index contributed by atoms with van der Waals surface area (Å²) < 4.78 is 0. The van der Waals surface area contributed by atoms with E-state index in [1.165, 1.54) is 23.4 Å². The lowest BCUT2D eigenvalue weighted by Crippen LogP contribution is -2.58. The molecule has 6 nitrogen and oxygen atoms in total. The normalized spacial score (nSPS) is 19.7. The summed E-state index contributed by atoms with van der Waals surface area (Å²) in [5.41, 5.74) is 0.175. The van der Waals surface area contributed by atoms with Crippen molar-refractivity contribution in [3.8, 4) is 0 Å². The van der Waals surface area contributed by atoms with Crippen LogP contribution < -0.4 is 5.32 Å². The first kappa shape index (κ1) is 12.5. The number of nitrogens with one attached hydrogen (secondary N) is 1. The Morgan fingerprint density at radius 3 is 2.94 bits per heavy atom. The number of hydrogen-bond acceptors (Lipinski definition) is 4. The van der Waals surface area contributed by atoms with Gasteiger partial charge in [-0.1, -0.05) is 11.6 Å². The number of carbonyl (C=O) groups is 3. The Balaban J connectivity index is 2.31. The summed E-state index contributed by atoms with van der Waals surface area (Å²) in [5.74, 6) is -1.49. The third-order valence-electron chi connectivity index (χ3n) is 2.68. The monoisotopic (exact) mass is 267 g/mol. The predicted molar refractivity (Wildman–Crippen MR) is 62.9 cm³/mol. The van der Waals surface area contributed by atoms with Crippen LogP contribution in [0.1, 0.15) is 17.3 Å². The van der Waals surface area contributed by atoms with Crippen LogP contribution >= 0.6 is 11.6 Å². The van der Waals surface area contributed by atoms with E-state index >= 15 is 0 Å². The van der Waals surface area contributed by atoms with E-state index in [1.807, 2.05) is 0 Å². The third kappa shape index (κ3) is 2.19. The molecule has 0 saturated carbocycles. The molecule has 1 unspecified atom stereocenters. The zero-order chi connectivity index (χ0) is 13.3. The maximum absolute atomic E-state index is 12.2. The number of imide groups is 1. The van der Waals surface area contributed by atoms with Gasteiger partial charge in [-0.3, -0.25) is 24.7 Å². The van der Waals surface area contributed by atoms with Crippen LogP contribution in [0.3, 0.4) is 0 Å². The zero-order valence-corrected chi connectivity index (χ0v) is 10.3. The number of piperazine rings is 1. The third-order valence-corrected chi connectivity index (χ3v) is 3.01. The van der Waals surface area contributed by atoms with Gasteiger partial charge < -0.3 is 4.90 Å². The van der Waals surface area contributed by atoms with Gasteiger partial charge in [-0.2, -0.15) is 0 Å². The fourth-order valence-corrected chi connectivity index (χ4v) is 1.84. The Morgan fingerprint density at radius 1 is 1.56 bits per heavy atom. The standard InChI is InChI=1S/C11H10ClN3O3/c1-6-10(17)14-9(16)5-15(6)11(18)7-4-13-3-2-8(7)12/h2-4,6H,5H2,1H3,(H,14,16,17). The summed E-state index contributed by atoms with van der Waals surface area (Å²) >= 11 is 5.89. The van der Waals surface area contributed by atoms with Crippen LogP contribution in [-0.4, -0.2) is 40.2 Å². The molecular weight excluding hydrogens is 258 g/mol. The van der Waals surface area contributed by atoms with Gasteiger partial charge in [0.1, 0.15) is 12.6 Å². The number of aromatic nitrogens is 1. The van der Waals surface area contributed by atoms with Crippen molar-refractivity contribution in [3.05, 3.63) is 29.0 Å². The SMILES string of the molecule is CC1C(=O)NC(=O)CN1C(=O)c1cnccc1Cl. The molecule has 1 aliphatic rings. The molecule has 0 spiro atoms.